The van der Waals surface area contributed by atoms with Crippen LogP contribution in [0.25, 0.3) is 0 Å². The van der Waals surface area contributed by atoms with E-state index in [1.54, 1.807) is 0 Å². The number of nitrogens with one attached hydrogen (secondary N) is 2. The zero-order valence-corrected chi connectivity index (χ0v) is 43.8. The minimum atomic E-state index is -2.52. The SMILES string of the molecule is CCCCCCCCCCCCCCCCCCNc1nc(NCCCCCCCCCCCCCCCCCC)nc([S][Sn]([CH2]CCC)([CH2]CCC)[CH2]CCC)n1. The molecular formula is C51H103N5SSn. The number of hydrogen-bond acceptors (Lipinski definition) is 6. The topological polar surface area (TPSA) is 62.7 Å². The maximum atomic E-state index is 5.12. The molecule has 1 heterocycles. The summed E-state index contributed by atoms with van der Waals surface area (Å²) in [5.41, 5.74) is 0. The summed E-state index contributed by atoms with van der Waals surface area (Å²) in [5, 5.41) is 8.32. The fourth-order valence-corrected chi connectivity index (χ4v) is 29.8. The van der Waals surface area contributed by atoms with Crippen LogP contribution in [-0.4, -0.2) is 45.0 Å². The van der Waals surface area contributed by atoms with E-state index in [1.807, 2.05) is 0 Å². The Morgan fingerprint density at radius 2 is 0.552 bits per heavy atom. The first kappa shape index (κ1) is 55.8. The number of hydrogen-bond donors (Lipinski definition) is 2. The van der Waals surface area contributed by atoms with E-state index >= 15 is 0 Å². The van der Waals surface area contributed by atoms with Crippen molar-refractivity contribution in [3.8, 4) is 0 Å². The van der Waals surface area contributed by atoms with Gasteiger partial charge in [0.1, 0.15) is 0 Å². The summed E-state index contributed by atoms with van der Waals surface area (Å²) in [4.78, 5) is 15.2. The molecule has 342 valence electrons. The number of unbranched alkanes of at least 4 members (excludes halogenated alkanes) is 33. The van der Waals surface area contributed by atoms with E-state index in [-0.39, 0.29) is 0 Å². The molecule has 0 atom stereocenters. The van der Waals surface area contributed by atoms with Gasteiger partial charge in [-0.3, -0.25) is 0 Å². The third-order valence-corrected chi connectivity index (χ3v) is 33.5. The van der Waals surface area contributed by atoms with Crippen molar-refractivity contribution >= 4 is 37.8 Å². The Morgan fingerprint density at radius 3 is 0.810 bits per heavy atom. The van der Waals surface area contributed by atoms with E-state index in [9.17, 15) is 0 Å². The summed E-state index contributed by atoms with van der Waals surface area (Å²) >= 11 is -2.52. The minimum absolute atomic E-state index is 0.801. The van der Waals surface area contributed by atoms with E-state index in [1.165, 1.54) is 257 Å². The molecule has 0 amide bonds. The van der Waals surface area contributed by atoms with Crippen molar-refractivity contribution in [3.05, 3.63) is 0 Å². The van der Waals surface area contributed by atoms with Crippen molar-refractivity contribution in [1.82, 2.24) is 15.0 Å². The zero-order chi connectivity index (χ0) is 41.9. The van der Waals surface area contributed by atoms with Crippen LogP contribution in [0.3, 0.4) is 0 Å². The number of aromatic nitrogens is 3. The zero-order valence-electron chi connectivity index (χ0n) is 40.2. The number of nitrogens with zero attached hydrogens (tertiary/aromatic N) is 3. The molecule has 0 radical (unpaired) electrons. The fourth-order valence-electron chi connectivity index (χ4n) is 8.53. The van der Waals surface area contributed by atoms with Gasteiger partial charge in [-0.1, -0.05) is 142 Å². The van der Waals surface area contributed by atoms with Crippen LogP contribution in [0.1, 0.15) is 279 Å². The van der Waals surface area contributed by atoms with Gasteiger partial charge in [-0.2, -0.15) is 0 Å². The second kappa shape index (κ2) is 43.4. The Bertz CT molecular complexity index is 902. The molecule has 7 heteroatoms. The summed E-state index contributed by atoms with van der Waals surface area (Å²) in [6.07, 6.45) is 52.9. The van der Waals surface area contributed by atoms with Crippen LogP contribution in [0.5, 0.6) is 0 Å². The summed E-state index contributed by atoms with van der Waals surface area (Å²) in [6, 6.07) is 0. The second-order valence-electron chi connectivity index (χ2n) is 18.3. The molecule has 0 aliphatic carbocycles. The van der Waals surface area contributed by atoms with Gasteiger partial charge in [-0.15, -0.1) is 0 Å². The standard InChI is InChI=1S/C39H77N5S.3C4H9.Sn/c1-3-5-7-9-11-13-15-17-19-21-23-25-27-29-31-33-35-40-37-42-38(44-39(45)43-37)41-36-34-32-30-28-26-24-22-20-18-16-14-12-10-8-6-4-2;3*1-3-4-2;/h3-36H2,1-2H3,(H3,40,41,42,43,44,45);3*1,3-4H2,2H3;/q;;;;+1/p-1. The molecular weight excluding hydrogens is 833 g/mol. The third kappa shape index (κ3) is 34.4. The Hall–Kier alpha value is -0.241. The molecule has 0 aliphatic rings. The average Bonchev–Trinajstić information content (AvgIpc) is 3.23. The van der Waals surface area contributed by atoms with Crippen molar-refractivity contribution in [2.75, 3.05) is 23.7 Å². The van der Waals surface area contributed by atoms with Crippen LogP contribution in [0.4, 0.5) is 11.9 Å². The van der Waals surface area contributed by atoms with Gasteiger partial charge in [0.05, 0.1) is 0 Å². The Kier molecular flexibility index (Phi) is 41.7. The van der Waals surface area contributed by atoms with Gasteiger partial charge in [-0.25, -0.2) is 0 Å². The van der Waals surface area contributed by atoms with E-state index in [2.05, 4.69) is 54.2 Å². The summed E-state index contributed by atoms with van der Waals surface area (Å²) in [6.45, 7) is 13.6. The summed E-state index contributed by atoms with van der Waals surface area (Å²) in [7, 11) is 2.18. The molecule has 2 N–H and O–H groups in total. The van der Waals surface area contributed by atoms with Crippen molar-refractivity contribution in [1.29, 1.82) is 0 Å². The monoisotopic (exact) mass is 938 g/mol. The van der Waals surface area contributed by atoms with Gasteiger partial charge in [0.2, 0.25) is 0 Å². The fraction of sp³-hybridized carbons (Fsp3) is 0.941. The molecule has 0 aliphatic heterocycles. The molecule has 58 heavy (non-hydrogen) atoms. The first-order valence-corrected chi connectivity index (χ1v) is 36.9. The normalized spacial score (nSPS) is 11.8. The van der Waals surface area contributed by atoms with Crippen molar-refractivity contribution in [2.24, 2.45) is 0 Å². The summed E-state index contributed by atoms with van der Waals surface area (Å²) in [5.74, 6) is 1.60. The molecule has 0 fully saturated rings. The maximum absolute atomic E-state index is 5.12. The first-order chi connectivity index (χ1) is 28.6. The number of anilines is 2. The van der Waals surface area contributed by atoms with Gasteiger partial charge < -0.3 is 0 Å². The first-order valence-electron chi connectivity index (χ1n) is 26.6. The van der Waals surface area contributed by atoms with Crippen molar-refractivity contribution in [2.45, 2.75) is 297 Å². The Labute approximate surface area is 371 Å². The van der Waals surface area contributed by atoms with Gasteiger partial charge in [0, 0.05) is 0 Å². The molecule has 5 nitrogen and oxygen atoms in total. The predicted octanol–water partition coefficient (Wildman–Crippen LogP) is 18.7. The van der Waals surface area contributed by atoms with Crippen LogP contribution in [0.15, 0.2) is 5.16 Å². The van der Waals surface area contributed by atoms with Crippen LogP contribution < -0.4 is 10.6 Å². The molecule has 0 bridgehead atoms. The quantitative estimate of drug-likeness (QED) is 0.0502. The third-order valence-electron chi connectivity index (χ3n) is 12.5. The van der Waals surface area contributed by atoms with Crippen molar-refractivity contribution in [3.63, 3.8) is 0 Å². The second-order valence-corrected chi connectivity index (χ2v) is 37.5. The molecule has 1 rings (SSSR count). The van der Waals surface area contributed by atoms with Gasteiger partial charge in [0.15, 0.2) is 0 Å². The van der Waals surface area contributed by atoms with E-state index in [0.717, 1.165) is 30.1 Å². The van der Waals surface area contributed by atoms with E-state index in [4.69, 9.17) is 15.0 Å². The predicted molar refractivity (Wildman–Crippen MR) is 267 cm³/mol. The van der Waals surface area contributed by atoms with Crippen molar-refractivity contribution < 1.29 is 0 Å². The molecule has 0 aromatic carbocycles. The van der Waals surface area contributed by atoms with Crippen LogP contribution >= 0.6 is 8.95 Å². The Balaban J connectivity index is 2.50. The van der Waals surface area contributed by atoms with Gasteiger partial charge in [0.25, 0.3) is 0 Å². The van der Waals surface area contributed by atoms with Crippen LogP contribution in [-0.2, 0) is 0 Å². The summed E-state index contributed by atoms with van der Waals surface area (Å²) < 4.78 is 4.39. The molecule has 0 saturated heterocycles. The molecule has 1 aromatic rings. The Morgan fingerprint density at radius 1 is 0.310 bits per heavy atom. The van der Waals surface area contributed by atoms with E-state index in [0.29, 0.717) is 0 Å². The number of rotatable bonds is 47. The van der Waals surface area contributed by atoms with Crippen LogP contribution in [0.2, 0.25) is 13.3 Å². The molecule has 0 spiro atoms. The average molecular weight is 937 g/mol. The van der Waals surface area contributed by atoms with E-state index < -0.39 is 17.0 Å². The van der Waals surface area contributed by atoms with Crippen LogP contribution in [0, 0.1) is 0 Å². The molecule has 0 unspecified atom stereocenters. The van der Waals surface area contributed by atoms with Gasteiger partial charge >= 0.3 is 231 Å². The molecule has 1 aromatic heterocycles. The van der Waals surface area contributed by atoms with Gasteiger partial charge in [-0.05, 0) is 0 Å². The molecule has 0 saturated carbocycles.